The second-order valence-corrected chi connectivity index (χ2v) is 8.22. The fourth-order valence-corrected chi connectivity index (χ4v) is 4.88. The van der Waals surface area contributed by atoms with Crippen molar-refractivity contribution in [1.29, 1.82) is 0 Å². The lowest BCUT2D eigenvalue weighted by atomic mass is 9.74. The maximum atomic E-state index is 3.72. The van der Waals surface area contributed by atoms with Gasteiger partial charge in [-0.1, -0.05) is 56.0 Å². The standard InChI is InChI=1S/C16H30BrN/c1-16(2,3)15(10-17)12-18-9-8-13-6-4-5-7-14(13)11-18/h13-15H,4-12H2,1-3H3. The van der Waals surface area contributed by atoms with Gasteiger partial charge in [0.15, 0.2) is 0 Å². The van der Waals surface area contributed by atoms with Gasteiger partial charge in [0.05, 0.1) is 0 Å². The third-order valence-electron chi connectivity index (χ3n) is 5.26. The van der Waals surface area contributed by atoms with Crippen LogP contribution in [0.5, 0.6) is 0 Å². The molecule has 1 saturated heterocycles. The highest BCUT2D eigenvalue weighted by Gasteiger charge is 2.33. The van der Waals surface area contributed by atoms with E-state index in [4.69, 9.17) is 0 Å². The van der Waals surface area contributed by atoms with Crippen LogP contribution in [0.15, 0.2) is 0 Å². The van der Waals surface area contributed by atoms with Crippen LogP contribution in [-0.2, 0) is 0 Å². The van der Waals surface area contributed by atoms with Gasteiger partial charge in [0, 0.05) is 18.4 Å². The van der Waals surface area contributed by atoms with E-state index < -0.39 is 0 Å². The average Bonchev–Trinajstić information content (AvgIpc) is 2.34. The van der Waals surface area contributed by atoms with E-state index in [9.17, 15) is 0 Å². The third kappa shape index (κ3) is 3.72. The topological polar surface area (TPSA) is 3.24 Å². The van der Waals surface area contributed by atoms with E-state index in [-0.39, 0.29) is 0 Å². The second-order valence-electron chi connectivity index (χ2n) is 7.57. The zero-order valence-electron chi connectivity index (χ0n) is 12.4. The van der Waals surface area contributed by atoms with Crippen LogP contribution in [0, 0.1) is 23.2 Å². The summed E-state index contributed by atoms with van der Waals surface area (Å²) in [6, 6.07) is 0. The number of rotatable bonds is 3. The summed E-state index contributed by atoms with van der Waals surface area (Å²) in [6.07, 6.45) is 7.45. The Kier molecular flexibility index (Phi) is 5.16. The van der Waals surface area contributed by atoms with E-state index in [1.165, 1.54) is 51.7 Å². The first-order valence-electron chi connectivity index (χ1n) is 7.79. The van der Waals surface area contributed by atoms with Crippen LogP contribution < -0.4 is 0 Å². The summed E-state index contributed by atoms with van der Waals surface area (Å²) in [7, 11) is 0. The lowest BCUT2D eigenvalue weighted by Gasteiger charge is -2.43. The Labute approximate surface area is 122 Å². The number of fused-ring (bicyclic) bond motifs is 1. The van der Waals surface area contributed by atoms with Crippen LogP contribution in [0.25, 0.3) is 0 Å². The minimum Gasteiger partial charge on any atom is -0.303 e. The molecule has 0 bridgehead atoms. The fraction of sp³-hybridized carbons (Fsp3) is 1.00. The molecule has 1 nitrogen and oxygen atoms in total. The molecular weight excluding hydrogens is 286 g/mol. The van der Waals surface area contributed by atoms with Crippen molar-refractivity contribution in [2.45, 2.75) is 52.9 Å². The Morgan fingerprint density at radius 2 is 1.78 bits per heavy atom. The summed E-state index contributed by atoms with van der Waals surface area (Å²) in [6.45, 7) is 11.2. The minimum atomic E-state index is 0.424. The van der Waals surface area contributed by atoms with Gasteiger partial charge in [-0.25, -0.2) is 0 Å². The minimum absolute atomic E-state index is 0.424. The van der Waals surface area contributed by atoms with Crippen LogP contribution in [0.2, 0.25) is 0 Å². The van der Waals surface area contributed by atoms with Gasteiger partial charge in [-0.3, -0.25) is 0 Å². The number of halogens is 1. The van der Waals surface area contributed by atoms with E-state index >= 15 is 0 Å². The molecule has 1 aliphatic heterocycles. The van der Waals surface area contributed by atoms with Crippen molar-refractivity contribution >= 4 is 15.9 Å². The largest absolute Gasteiger partial charge is 0.303 e. The van der Waals surface area contributed by atoms with Gasteiger partial charge < -0.3 is 4.90 Å². The molecule has 0 aromatic carbocycles. The average molecular weight is 316 g/mol. The molecule has 2 heteroatoms. The fourth-order valence-electron chi connectivity index (χ4n) is 3.71. The van der Waals surface area contributed by atoms with Crippen LogP contribution in [0.3, 0.4) is 0 Å². The van der Waals surface area contributed by atoms with Crippen molar-refractivity contribution in [3.05, 3.63) is 0 Å². The Morgan fingerprint density at radius 3 is 2.39 bits per heavy atom. The molecule has 1 saturated carbocycles. The predicted octanol–water partition coefficient (Wildman–Crippen LogP) is 4.56. The van der Waals surface area contributed by atoms with E-state index in [0.717, 1.165) is 23.1 Å². The molecule has 2 rings (SSSR count). The predicted molar refractivity (Wildman–Crippen MR) is 83.2 cm³/mol. The van der Waals surface area contributed by atoms with Gasteiger partial charge in [-0.05, 0) is 42.6 Å². The van der Waals surface area contributed by atoms with Crippen LogP contribution in [-0.4, -0.2) is 29.9 Å². The van der Waals surface area contributed by atoms with Crippen LogP contribution in [0.4, 0.5) is 0 Å². The highest BCUT2D eigenvalue weighted by atomic mass is 79.9. The normalized spacial score (nSPS) is 32.0. The van der Waals surface area contributed by atoms with Gasteiger partial charge in [0.25, 0.3) is 0 Å². The number of hydrogen-bond acceptors (Lipinski definition) is 1. The van der Waals surface area contributed by atoms with Gasteiger partial charge in [0.1, 0.15) is 0 Å². The molecule has 0 aromatic rings. The van der Waals surface area contributed by atoms with Gasteiger partial charge in [-0.15, -0.1) is 0 Å². The maximum Gasteiger partial charge on any atom is 0.00768 e. The summed E-state index contributed by atoms with van der Waals surface area (Å²) >= 11 is 3.72. The first-order chi connectivity index (χ1) is 8.50. The van der Waals surface area contributed by atoms with Crippen molar-refractivity contribution < 1.29 is 0 Å². The summed E-state index contributed by atoms with van der Waals surface area (Å²) in [4.78, 5) is 2.75. The lowest BCUT2D eigenvalue weighted by molar-refractivity contribution is 0.0625. The first-order valence-corrected chi connectivity index (χ1v) is 8.91. The zero-order chi connectivity index (χ0) is 13.2. The van der Waals surface area contributed by atoms with E-state index in [1.807, 2.05) is 0 Å². The number of alkyl halides is 1. The van der Waals surface area contributed by atoms with E-state index in [1.54, 1.807) is 0 Å². The molecule has 18 heavy (non-hydrogen) atoms. The van der Waals surface area contributed by atoms with Crippen molar-refractivity contribution in [3.63, 3.8) is 0 Å². The van der Waals surface area contributed by atoms with Crippen molar-refractivity contribution in [2.75, 3.05) is 25.0 Å². The molecule has 3 atom stereocenters. The van der Waals surface area contributed by atoms with Gasteiger partial charge in [-0.2, -0.15) is 0 Å². The maximum absolute atomic E-state index is 3.72. The SMILES string of the molecule is CC(C)(C)C(CBr)CN1CCC2CCCCC2C1. The van der Waals surface area contributed by atoms with Crippen LogP contribution >= 0.6 is 15.9 Å². The molecule has 0 spiro atoms. The number of nitrogens with zero attached hydrogens (tertiary/aromatic N) is 1. The molecule has 1 aliphatic carbocycles. The molecule has 0 aromatic heterocycles. The Balaban J connectivity index is 1.87. The molecule has 0 radical (unpaired) electrons. The molecule has 2 fully saturated rings. The van der Waals surface area contributed by atoms with Crippen molar-refractivity contribution in [1.82, 2.24) is 4.90 Å². The molecular formula is C16H30BrN. The summed E-state index contributed by atoms with van der Waals surface area (Å²) in [5.41, 5.74) is 0.424. The van der Waals surface area contributed by atoms with Crippen molar-refractivity contribution in [2.24, 2.45) is 23.2 Å². The smallest absolute Gasteiger partial charge is 0.00768 e. The number of likely N-dealkylation sites (tertiary alicyclic amines) is 1. The molecule has 2 aliphatic rings. The highest BCUT2D eigenvalue weighted by molar-refractivity contribution is 9.09. The van der Waals surface area contributed by atoms with Gasteiger partial charge >= 0.3 is 0 Å². The molecule has 0 N–H and O–H groups in total. The molecule has 1 heterocycles. The van der Waals surface area contributed by atoms with Crippen LogP contribution in [0.1, 0.15) is 52.9 Å². The Hall–Kier alpha value is 0.440. The van der Waals surface area contributed by atoms with Gasteiger partial charge in [0.2, 0.25) is 0 Å². The second kappa shape index (κ2) is 6.26. The zero-order valence-corrected chi connectivity index (χ0v) is 14.0. The van der Waals surface area contributed by atoms with Crippen molar-refractivity contribution in [3.8, 4) is 0 Å². The molecule has 0 amide bonds. The number of hydrogen-bond donors (Lipinski definition) is 0. The summed E-state index contributed by atoms with van der Waals surface area (Å²) < 4.78 is 0. The highest BCUT2D eigenvalue weighted by Crippen LogP contribution is 2.37. The van der Waals surface area contributed by atoms with E-state index in [2.05, 4.69) is 41.6 Å². The molecule has 106 valence electrons. The first kappa shape index (κ1) is 14.8. The summed E-state index contributed by atoms with van der Waals surface area (Å²) in [5, 5.41) is 1.14. The summed E-state index contributed by atoms with van der Waals surface area (Å²) in [5.74, 6) is 2.85. The lowest BCUT2D eigenvalue weighted by Crippen LogP contribution is -2.45. The Bertz CT molecular complexity index is 258. The van der Waals surface area contributed by atoms with E-state index in [0.29, 0.717) is 5.41 Å². The third-order valence-corrected chi connectivity index (χ3v) is 6.05. The number of piperidine rings is 1. The Morgan fingerprint density at radius 1 is 1.11 bits per heavy atom. The molecule has 3 unspecified atom stereocenters. The quantitative estimate of drug-likeness (QED) is 0.690. The monoisotopic (exact) mass is 315 g/mol.